The van der Waals surface area contributed by atoms with Gasteiger partial charge in [0, 0.05) is 18.6 Å². The van der Waals surface area contributed by atoms with E-state index in [9.17, 15) is 26.4 Å². The van der Waals surface area contributed by atoms with Gasteiger partial charge in [-0.15, -0.1) is 12.4 Å². The van der Waals surface area contributed by atoms with Gasteiger partial charge in [-0.25, -0.2) is 13.2 Å². The molecule has 0 amide bonds. The second-order valence-corrected chi connectivity index (χ2v) is 8.25. The zero-order valence-corrected chi connectivity index (χ0v) is 16.1. The molecule has 2 aliphatic rings. The number of ether oxygens (including phenoxy) is 1. The van der Waals surface area contributed by atoms with Crippen molar-refractivity contribution in [1.82, 2.24) is 9.62 Å². The van der Waals surface area contributed by atoms with Crippen LogP contribution in [0.25, 0.3) is 0 Å². The highest BCUT2D eigenvalue weighted by Gasteiger charge is 2.44. The van der Waals surface area contributed by atoms with Crippen LogP contribution in [0.3, 0.4) is 0 Å². The molecule has 0 spiro atoms. The monoisotopic (exact) mass is 428 g/mol. The number of rotatable bonds is 5. The second-order valence-electron chi connectivity index (χ2n) is 6.41. The first kappa shape index (κ1) is 21.9. The van der Waals surface area contributed by atoms with Gasteiger partial charge in [-0.2, -0.15) is 17.5 Å². The molecule has 1 saturated heterocycles. The quantitative estimate of drug-likeness (QED) is 0.729. The molecule has 1 unspecified atom stereocenters. The van der Waals surface area contributed by atoms with Crippen molar-refractivity contribution in [3.8, 4) is 0 Å². The first-order valence-corrected chi connectivity index (χ1v) is 9.64. The third kappa shape index (κ3) is 4.39. The van der Waals surface area contributed by atoms with Crippen LogP contribution in [-0.2, 0) is 20.9 Å². The topological polar surface area (TPSA) is 75.7 Å². The van der Waals surface area contributed by atoms with E-state index in [4.69, 9.17) is 0 Å². The standard InChI is InChI=1S/C16H19F3N2O4S.ClH/c1-25-15(22)13-5-4-12(8-14(13)16(17,18)19)26(23,24)21(10-2-3-10)11-6-7-20-9-11;/h4-5,8,10-11,20H,2-3,6-7,9H2,1H3;1H. The highest BCUT2D eigenvalue weighted by atomic mass is 35.5. The number of alkyl halides is 3. The molecule has 2 fully saturated rings. The number of nitrogens with zero attached hydrogens (tertiary/aromatic N) is 1. The maximum atomic E-state index is 13.4. The minimum Gasteiger partial charge on any atom is -0.465 e. The lowest BCUT2D eigenvalue weighted by Gasteiger charge is -2.28. The predicted octanol–water partition coefficient (Wildman–Crippen LogP) is 2.43. The Morgan fingerprint density at radius 1 is 1.22 bits per heavy atom. The fourth-order valence-corrected chi connectivity index (χ4v) is 5.13. The highest BCUT2D eigenvalue weighted by molar-refractivity contribution is 7.89. The summed E-state index contributed by atoms with van der Waals surface area (Å²) in [5.41, 5.74) is -2.02. The summed E-state index contributed by atoms with van der Waals surface area (Å²) in [6.07, 6.45) is -2.87. The molecule has 1 aromatic carbocycles. The van der Waals surface area contributed by atoms with E-state index < -0.39 is 38.2 Å². The van der Waals surface area contributed by atoms with Crippen molar-refractivity contribution < 1.29 is 31.1 Å². The molecule has 0 aromatic heterocycles. The van der Waals surface area contributed by atoms with Gasteiger partial charge in [0.1, 0.15) is 0 Å². The summed E-state index contributed by atoms with van der Waals surface area (Å²) in [7, 11) is -3.14. The average molecular weight is 429 g/mol. The minimum absolute atomic E-state index is 0. The molecule has 1 aromatic rings. The van der Waals surface area contributed by atoms with Crippen LogP contribution in [0.1, 0.15) is 35.2 Å². The molecule has 0 radical (unpaired) electrons. The summed E-state index contributed by atoms with van der Waals surface area (Å²) >= 11 is 0. The zero-order chi connectivity index (χ0) is 19.1. The fraction of sp³-hybridized carbons (Fsp3) is 0.562. The smallest absolute Gasteiger partial charge is 0.417 e. The van der Waals surface area contributed by atoms with E-state index in [-0.39, 0.29) is 24.5 Å². The summed E-state index contributed by atoms with van der Waals surface area (Å²) in [5, 5.41) is 3.08. The molecule has 1 N–H and O–H groups in total. The largest absolute Gasteiger partial charge is 0.465 e. The Kier molecular flexibility index (Phi) is 6.45. The maximum absolute atomic E-state index is 13.4. The van der Waals surface area contributed by atoms with Gasteiger partial charge in [0.2, 0.25) is 10.0 Å². The fourth-order valence-electron chi connectivity index (χ4n) is 3.20. The molecule has 1 heterocycles. The molecule has 1 atom stereocenters. The van der Waals surface area contributed by atoms with Crippen molar-refractivity contribution in [2.75, 3.05) is 20.2 Å². The van der Waals surface area contributed by atoms with Gasteiger partial charge in [-0.05, 0) is 44.0 Å². The lowest BCUT2D eigenvalue weighted by atomic mass is 10.1. The van der Waals surface area contributed by atoms with Crippen molar-refractivity contribution in [1.29, 1.82) is 0 Å². The van der Waals surface area contributed by atoms with Crippen molar-refractivity contribution in [2.45, 2.75) is 42.4 Å². The predicted molar refractivity (Wildman–Crippen MR) is 93.4 cm³/mol. The molecule has 11 heteroatoms. The van der Waals surface area contributed by atoms with Crippen LogP contribution in [0.15, 0.2) is 23.1 Å². The van der Waals surface area contributed by atoms with E-state index in [2.05, 4.69) is 10.1 Å². The Morgan fingerprint density at radius 3 is 2.37 bits per heavy atom. The van der Waals surface area contributed by atoms with E-state index in [1.807, 2.05) is 0 Å². The van der Waals surface area contributed by atoms with Crippen LogP contribution in [0, 0.1) is 0 Å². The summed E-state index contributed by atoms with van der Waals surface area (Å²) < 4.78 is 71.9. The number of carbonyl (C=O) groups excluding carboxylic acids is 1. The molecule has 27 heavy (non-hydrogen) atoms. The number of hydrogen-bond acceptors (Lipinski definition) is 5. The van der Waals surface area contributed by atoms with Crippen LogP contribution < -0.4 is 5.32 Å². The minimum atomic E-state index is -4.88. The van der Waals surface area contributed by atoms with Gasteiger partial charge in [0.05, 0.1) is 23.1 Å². The average Bonchev–Trinajstić information content (AvgIpc) is 3.26. The number of methoxy groups -OCH3 is 1. The number of esters is 1. The van der Waals surface area contributed by atoms with Gasteiger partial charge >= 0.3 is 12.1 Å². The number of nitrogens with one attached hydrogen (secondary N) is 1. The summed E-state index contributed by atoms with van der Waals surface area (Å²) in [4.78, 5) is 11.2. The van der Waals surface area contributed by atoms with E-state index in [0.29, 0.717) is 38.4 Å². The molecule has 6 nitrogen and oxygen atoms in total. The Labute approximate surface area is 161 Å². The number of carbonyl (C=O) groups is 1. The summed E-state index contributed by atoms with van der Waals surface area (Å²) in [6, 6.07) is 1.97. The first-order valence-electron chi connectivity index (χ1n) is 8.20. The SMILES string of the molecule is COC(=O)c1ccc(S(=O)(=O)N(C2CC2)C2CCNC2)cc1C(F)(F)F.Cl. The van der Waals surface area contributed by atoms with E-state index >= 15 is 0 Å². The summed E-state index contributed by atoms with van der Waals surface area (Å²) in [5.74, 6) is -1.17. The number of sulfonamides is 1. The Hall–Kier alpha value is -1.36. The van der Waals surface area contributed by atoms with Crippen LogP contribution in [0.2, 0.25) is 0 Å². The van der Waals surface area contributed by atoms with Crippen molar-refractivity contribution in [3.05, 3.63) is 29.3 Å². The van der Waals surface area contributed by atoms with Gasteiger partial charge in [0.15, 0.2) is 0 Å². The lowest BCUT2D eigenvalue weighted by Crippen LogP contribution is -2.43. The lowest BCUT2D eigenvalue weighted by molar-refractivity contribution is -0.138. The molecule has 1 aliphatic carbocycles. The third-order valence-electron chi connectivity index (χ3n) is 4.58. The van der Waals surface area contributed by atoms with E-state index in [1.165, 1.54) is 4.31 Å². The second kappa shape index (κ2) is 7.94. The van der Waals surface area contributed by atoms with E-state index in [0.717, 1.165) is 19.2 Å². The third-order valence-corrected chi connectivity index (χ3v) is 6.58. The first-order chi connectivity index (χ1) is 12.2. The van der Waals surface area contributed by atoms with Crippen LogP contribution in [-0.4, -0.2) is 51.0 Å². The van der Waals surface area contributed by atoms with Gasteiger partial charge in [0.25, 0.3) is 0 Å². The van der Waals surface area contributed by atoms with Gasteiger partial charge in [-0.3, -0.25) is 0 Å². The van der Waals surface area contributed by atoms with Crippen LogP contribution in [0.4, 0.5) is 13.2 Å². The highest BCUT2D eigenvalue weighted by Crippen LogP contribution is 2.38. The summed E-state index contributed by atoms with van der Waals surface area (Å²) in [6.45, 7) is 1.14. The molecule has 152 valence electrons. The molecule has 1 aliphatic heterocycles. The normalized spacial score (nSPS) is 20.4. The van der Waals surface area contributed by atoms with Crippen molar-refractivity contribution in [2.24, 2.45) is 0 Å². The Bertz CT molecular complexity index is 806. The number of hydrogen-bond donors (Lipinski definition) is 1. The molecule has 3 rings (SSSR count). The molecule has 0 bridgehead atoms. The van der Waals surface area contributed by atoms with E-state index in [1.54, 1.807) is 0 Å². The maximum Gasteiger partial charge on any atom is 0.417 e. The van der Waals surface area contributed by atoms with Gasteiger partial charge < -0.3 is 10.1 Å². The zero-order valence-electron chi connectivity index (χ0n) is 14.5. The number of halogens is 4. The number of benzene rings is 1. The molecular weight excluding hydrogens is 409 g/mol. The van der Waals surface area contributed by atoms with Crippen LogP contribution >= 0.6 is 12.4 Å². The molecule has 1 saturated carbocycles. The van der Waals surface area contributed by atoms with Crippen LogP contribution in [0.5, 0.6) is 0 Å². The Balaban J connectivity index is 0.00000261. The molecular formula is C16H20ClF3N2O4S. The van der Waals surface area contributed by atoms with Crippen molar-refractivity contribution in [3.63, 3.8) is 0 Å². The van der Waals surface area contributed by atoms with Gasteiger partial charge in [-0.1, -0.05) is 0 Å². The van der Waals surface area contributed by atoms with Crippen molar-refractivity contribution >= 4 is 28.4 Å². The Morgan fingerprint density at radius 2 is 1.89 bits per heavy atom.